The molecule has 0 saturated carbocycles. The predicted octanol–water partition coefficient (Wildman–Crippen LogP) is 1.69. The minimum Gasteiger partial charge on any atom is -0.355 e. The molecule has 0 bridgehead atoms. The smallest absolute Gasteiger partial charge is 0.220 e. The van der Waals surface area contributed by atoms with Crippen LogP contribution in [0.3, 0.4) is 0 Å². The third-order valence-electron chi connectivity index (χ3n) is 3.08. The van der Waals surface area contributed by atoms with Gasteiger partial charge < -0.3 is 10.6 Å². The first-order chi connectivity index (χ1) is 8.06. The molecule has 2 N–H and O–H groups in total. The van der Waals surface area contributed by atoms with Gasteiger partial charge in [-0.15, -0.1) is 11.3 Å². The Kier molecular flexibility index (Phi) is 3.79. The minimum atomic E-state index is 0.167. The number of nitrogens with zero attached hydrogens (tertiary/aromatic N) is 1. The summed E-state index contributed by atoms with van der Waals surface area (Å²) in [5.41, 5.74) is 1.12. The molecule has 1 aliphatic rings. The van der Waals surface area contributed by atoms with E-state index in [0.717, 1.165) is 23.7 Å². The van der Waals surface area contributed by atoms with Gasteiger partial charge in [-0.3, -0.25) is 4.79 Å². The van der Waals surface area contributed by atoms with Crippen LogP contribution >= 0.6 is 11.3 Å². The van der Waals surface area contributed by atoms with Crippen molar-refractivity contribution >= 4 is 17.2 Å². The summed E-state index contributed by atoms with van der Waals surface area (Å²) in [7, 11) is 0. The molecule has 1 aromatic rings. The maximum absolute atomic E-state index is 11.1. The van der Waals surface area contributed by atoms with E-state index in [0.29, 0.717) is 18.5 Å². The van der Waals surface area contributed by atoms with Crippen molar-refractivity contribution < 1.29 is 4.79 Å². The molecular weight excluding hydrogens is 234 g/mol. The molecule has 17 heavy (non-hydrogen) atoms. The fraction of sp³-hybridized carbons (Fsp3) is 0.667. The lowest BCUT2D eigenvalue weighted by atomic mass is 10.1. The van der Waals surface area contributed by atoms with Crippen molar-refractivity contribution in [2.75, 3.05) is 6.54 Å². The summed E-state index contributed by atoms with van der Waals surface area (Å²) < 4.78 is 0. The van der Waals surface area contributed by atoms with Crippen LogP contribution < -0.4 is 10.6 Å². The second kappa shape index (κ2) is 5.14. The third kappa shape index (κ3) is 3.04. The molecule has 2 atom stereocenters. The van der Waals surface area contributed by atoms with Gasteiger partial charge >= 0.3 is 0 Å². The average Bonchev–Trinajstić information content (AvgIpc) is 2.61. The van der Waals surface area contributed by atoms with Crippen LogP contribution in [-0.4, -0.2) is 23.5 Å². The van der Waals surface area contributed by atoms with Crippen LogP contribution in [0.2, 0.25) is 0 Å². The first-order valence-electron chi connectivity index (χ1n) is 6.03. The molecule has 2 heterocycles. The average molecular weight is 253 g/mol. The number of rotatable bonds is 3. The summed E-state index contributed by atoms with van der Waals surface area (Å²) in [5.74, 6) is 0.167. The van der Waals surface area contributed by atoms with E-state index in [9.17, 15) is 4.79 Å². The van der Waals surface area contributed by atoms with E-state index in [2.05, 4.69) is 29.5 Å². The highest BCUT2D eigenvalue weighted by molar-refractivity contribution is 7.11. The number of piperidine rings is 1. The van der Waals surface area contributed by atoms with Crippen molar-refractivity contribution in [2.24, 2.45) is 0 Å². The van der Waals surface area contributed by atoms with E-state index in [1.54, 1.807) is 11.3 Å². The normalized spacial score (nSPS) is 22.3. The fourth-order valence-electron chi connectivity index (χ4n) is 2.25. The lowest BCUT2D eigenvalue weighted by Gasteiger charge is -2.26. The maximum atomic E-state index is 11.1. The molecule has 2 rings (SSSR count). The van der Waals surface area contributed by atoms with E-state index in [1.807, 2.05) is 6.92 Å². The molecule has 0 spiro atoms. The van der Waals surface area contributed by atoms with E-state index < -0.39 is 0 Å². The molecule has 1 fully saturated rings. The number of nitrogens with one attached hydrogen (secondary N) is 2. The SMILES string of the molecule is Cc1nc(C)c(C(C)NC2CCC(=O)NC2)s1. The van der Waals surface area contributed by atoms with Crippen molar-refractivity contribution in [1.82, 2.24) is 15.6 Å². The van der Waals surface area contributed by atoms with Gasteiger partial charge in [-0.1, -0.05) is 0 Å². The van der Waals surface area contributed by atoms with E-state index in [-0.39, 0.29) is 5.91 Å². The summed E-state index contributed by atoms with van der Waals surface area (Å²) in [6.07, 6.45) is 1.55. The van der Waals surface area contributed by atoms with E-state index in [4.69, 9.17) is 0 Å². The summed E-state index contributed by atoms with van der Waals surface area (Å²) in [6.45, 7) is 6.99. The van der Waals surface area contributed by atoms with Crippen molar-refractivity contribution in [3.05, 3.63) is 15.6 Å². The second-order valence-electron chi connectivity index (χ2n) is 4.61. The zero-order valence-corrected chi connectivity index (χ0v) is 11.4. The van der Waals surface area contributed by atoms with Gasteiger partial charge in [0.25, 0.3) is 0 Å². The molecular formula is C12H19N3OS. The van der Waals surface area contributed by atoms with Crippen LogP contribution in [-0.2, 0) is 4.79 Å². The number of aryl methyl sites for hydroxylation is 2. The standard InChI is InChI=1S/C12H19N3OS/c1-7-12(17-9(3)14-7)8(2)15-10-4-5-11(16)13-6-10/h8,10,15H,4-6H2,1-3H3,(H,13,16). The highest BCUT2D eigenvalue weighted by Gasteiger charge is 2.21. The third-order valence-corrected chi connectivity index (χ3v) is 4.34. The second-order valence-corrected chi connectivity index (χ2v) is 5.85. The van der Waals surface area contributed by atoms with Crippen LogP contribution in [0.15, 0.2) is 0 Å². The topological polar surface area (TPSA) is 54.0 Å². The number of hydrogen-bond donors (Lipinski definition) is 2. The monoisotopic (exact) mass is 253 g/mol. The number of carbonyl (C=O) groups excluding carboxylic acids is 1. The lowest BCUT2D eigenvalue weighted by Crippen LogP contribution is -2.46. The first-order valence-corrected chi connectivity index (χ1v) is 6.84. The van der Waals surface area contributed by atoms with Crippen molar-refractivity contribution in [3.8, 4) is 0 Å². The summed E-state index contributed by atoms with van der Waals surface area (Å²) in [6, 6.07) is 0.686. The van der Waals surface area contributed by atoms with Gasteiger partial charge in [-0.2, -0.15) is 0 Å². The molecule has 1 saturated heterocycles. The molecule has 4 nitrogen and oxygen atoms in total. The number of thiazole rings is 1. The van der Waals surface area contributed by atoms with Crippen LogP contribution in [0.4, 0.5) is 0 Å². The van der Waals surface area contributed by atoms with E-state index in [1.165, 1.54) is 4.88 Å². The maximum Gasteiger partial charge on any atom is 0.220 e. The fourth-order valence-corrected chi connectivity index (χ4v) is 3.19. The molecule has 1 aliphatic heterocycles. The summed E-state index contributed by atoms with van der Waals surface area (Å²) >= 11 is 1.75. The Balaban J connectivity index is 1.95. The number of aromatic nitrogens is 1. The Bertz CT molecular complexity index is 406. The van der Waals surface area contributed by atoms with Gasteiger partial charge in [0.1, 0.15) is 0 Å². The van der Waals surface area contributed by atoms with Crippen LogP contribution in [0, 0.1) is 13.8 Å². The molecule has 0 aromatic carbocycles. The van der Waals surface area contributed by atoms with Gasteiger partial charge in [0.15, 0.2) is 0 Å². The van der Waals surface area contributed by atoms with Crippen LogP contribution in [0.25, 0.3) is 0 Å². The predicted molar refractivity (Wildman–Crippen MR) is 69.2 cm³/mol. The first kappa shape index (κ1) is 12.5. The van der Waals surface area contributed by atoms with Gasteiger partial charge in [0.2, 0.25) is 5.91 Å². The number of amides is 1. The van der Waals surface area contributed by atoms with Gasteiger partial charge in [0, 0.05) is 29.9 Å². The van der Waals surface area contributed by atoms with Crippen molar-refractivity contribution in [2.45, 2.75) is 45.7 Å². The molecule has 94 valence electrons. The molecule has 5 heteroatoms. The summed E-state index contributed by atoms with van der Waals surface area (Å²) in [5, 5.41) is 7.57. The summed E-state index contributed by atoms with van der Waals surface area (Å²) in [4.78, 5) is 16.8. The van der Waals surface area contributed by atoms with E-state index >= 15 is 0 Å². The van der Waals surface area contributed by atoms with Gasteiger partial charge in [0.05, 0.1) is 10.7 Å². The van der Waals surface area contributed by atoms with Gasteiger partial charge in [-0.25, -0.2) is 4.98 Å². The Hall–Kier alpha value is -0.940. The molecule has 2 unspecified atom stereocenters. The Morgan fingerprint density at radius 3 is 2.82 bits per heavy atom. The molecule has 0 aliphatic carbocycles. The quantitative estimate of drug-likeness (QED) is 0.862. The highest BCUT2D eigenvalue weighted by atomic mass is 32.1. The number of hydrogen-bond acceptors (Lipinski definition) is 4. The Morgan fingerprint density at radius 2 is 2.29 bits per heavy atom. The number of carbonyl (C=O) groups is 1. The highest BCUT2D eigenvalue weighted by Crippen LogP contribution is 2.25. The Morgan fingerprint density at radius 1 is 1.53 bits per heavy atom. The largest absolute Gasteiger partial charge is 0.355 e. The zero-order chi connectivity index (χ0) is 12.4. The minimum absolute atomic E-state index is 0.167. The molecule has 1 aromatic heterocycles. The van der Waals surface area contributed by atoms with Crippen molar-refractivity contribution in [1.29, 1.82) is 0 Å². The molecule has 1 amide bonds. The van der Waals surface area contributed by atoms with Crippen LogP contribution in [0.5, 0.6) is 0 Å². The lowest BCUT2D eigenvalue weighted by molar-refractivity contribution is -0.122. The van der Waals surface area contributed by atoms with Gasteiger partial charge in [-0.05, 0) is 27.2 Å². The Labute approximate surface area is 106 Å². The molecule has 0 radical (unpaired) electrons. The zero-order valence-electron chi connectivity index (χ0n) is 10.5. The van der Waals surface area contributed by atoms with Crippen LogP contribution in [0.1, 0.15) is 41.4 Å². The van der Waals surface area contributed by atoms with Crippen molar-refractivity contribution in [3.63, 3.8) is 0 Å².